The molecular formula is C22H34F3N5O3. The number of anilines is 1. The predicted molar refractivity (Wildman–Crippen MR) is 120 cm³/mol. The van der Waals surface area contributed by atoms with E-state index in [9.17, 15) is 22.8 Å². The molecule has 2 rings (SSSR count). The summed E-state index contributed by atoms with van der Waals surface area (Å²) in [5.41, 5.74) is -2.56. The standard InChI is InChI=1S/C22H34F3N5O3/c1-21(2,3)33-20(32)16-4-5-18(17(14-16)22(23,24)25)29-19(31)15-30-12-10-27-8-6-26-7-9-28-11-13-30/h4-5,14,26-28H,6-13,15H2,1-3H3,(H,29,31). The van der Waals surface area contributed by atoms with Gasteiger partial charge < -0.3 is 26.0 Å². The molecule has 1 aliphatic heterocycles. The number of halogens is 3. The van der Waals surface area contributed by atoms with Crippen LogP contribution in [0, 0.1) is 0 Å². The van der Waals surface area contributed by atoms with Gasteiger partial charge in [-0.2, -0.15) is 13.2 Å². The maximum Gasteiger partial charge on any atom is 0.418 e. The fraction of sp³-hybridized carbons (Fsp3) is 0.636. The monoisotopic (exact) mass is 473 g/mol. The molecule has 0 spiro atoms. The molecule has 1 saturated heterocycles. The van der Waals surface area contributed by atoms with E-state index >= 15 is 0 Å². The Labute approximate surface area is 192 Å². The van der Waals surface area contributed by atoms with Crippen molar-refractivity contribution in [2.45, 2.75) is 32.5 Å². The van der Waals surface area contributed by atoms with Crippen LogP contribution in [0.3, 0.4) is 0 Å². The first-order valence-electron chi connectivity index (χ1n) is 11.0. The molecule has 1 aromatic carbocycles. The minimum Gasteiger partial charge on any atom is -0.456 e. The first kappa shape index (κ1) is 27.0. The molecule has 4 N–H and O–H groups in total. The second-order valence-electron chi connectivity index (χ2n) is 8.83. The summed E-state index contributed by atoms with van der Waals surface area (Å²) < 4.78 is 46.1. The third kappa shape index (κ3) is 10.1. The molecule has 11 heteroatoms. The topological polar surface area (TPSA) is 94.7 Å². The predicted octanol–water partition coefficient (Wildman–Crippen LogP) is 1.68. The third-order valence-electron chi connectivity index (χ3n) is 4.77. The van der Waals surface area contributed by atoms with E-state index in [0.717, 1.165) is 32.2 Å². The molecule has 1 aromatic rings. The van der Waals surface area contributed by atoms with Gasteiger partial charge in [0, 0.05) is 52.4 Å². The zero-order chi connectivity index (χ0) is 24.5. The number of hydrogen-bond donors (Lipinski definition) is 4. The van der Waals surface area contributed by atoms with Crippen LogP contribution in [-0.4, -0.2) is 81.3 Å². The van der Waals surface area contributed by atoms with E-state index in [0.29, 0.717) is 32.2 Å². The maximum atomic E-state index is 13.7. The Balaban J connectivity index is 2.08. The van der Waals surface area contributed by atoms with Crippen molar-refractivity contribution in [1.82, 2.24) is 20.9 Å². The van der Waals surface area contributed by atoms with E-state index in [1.54, 1.807) is 20.8 Å². The number of esters is 1. The number of carbonyl (C=O) groups excluding carboxylic acids is 2. The number of hydrogen-bond acceptors (Lipinski definition) is 7. The summed E-state index contributed by atoms with van der Waals surface area (Å²) >= 11 is 0. The van der Waals surface area contributed by atoms with Gasteiger partial charge in [0.05, 0.1) is 23.4 Å². The van der Waals surface area contributed by atoms with Gasteiger partial charge in [-0.1, -0.05) is 0 Å². The largest absolute Gasteiger partial charge is 0.456 e. The molecule has 0 bridgehead atoms. The van der Waals surface area contributed by atoms with E-state index < -0.39 is 34.9 Å². The van der Waals surface area contributed by atoms with E-state index in [1.165, 1.54) is 6.07 Å². The lowest BCUT2D eigenvalue weighted by atomic mass is 10.1. The number of nitrogens with zero attached hydrogens (tertiary/aromatic N) is 1. The van der Waals surface area contributed by atoms with Crippen molar-refractivity contribution >= 4 is 17.6 Å². The van der Waals surface area contributed by atoms with Gasteiger partial charge >= 0.3 is 12.1 Å². The fourth-order valence-corrected chi connectivity index (χ4v) is 3.22. The van der Waals surface area contributed by atoms with Crippen LogP contribution >= 0.6 is 0 Å². The molecule has 1 amide bonds. The summed E-state index contributed by atoms with van der Waals surface area (Å²) in [6.45, 7) is 10.6. The quantitative estimate of drug-likeness (QED) is 0.495. The molecule has 33 heavy (non-hydrogen) atoms. The SMILES string of the molecule is CC(C)(C)OC(=O)c1ccc(NC(=O)CN2CCNCCNCCNCC2)c(C(F)(F)F)c1. The molecule has 0 atom stereocenters. The average Bonchev–Trinajstić information content (AvgIpc) is 2.68. The second-order valence-corrected chi connectivity index (χ2v) is 8.83. The summed E-state index contributed by atoms with van der Waals surface area (Å²) in [5, 5.41) is 12.2. The lowest BCUT2D eigenvalue weighted by Gasteiger charge is -2.24. The first-order valence-corrected chi connectivity index (χ1v) is 11.0. The minimum atomic E-state index is -4.75. The molecule has 1 heterocycles. The van der Waals surface area contributed by atoms with E-state index in [1.807, 2.05) is 4.90 Å². The van der Waals surface area contributed by atoms with Crippen molar-refractivity contribution < 1.29 is 27.5 Å². The Morgan fingerprint density at radius 1 is 0.970 bits per heavy atom. The highest BCUT2D eigenvalue weighted by atomic mass is 19.4. The number of benzene rings is 1. The number of carbonyl (C=O) groups is 2. The molecule has 0 saturated carbocycles. The number of rotatable bonds is 4. The molecule has 0 aromatic heterocycles. The van der Waals surface area contributed by atoms with E-state index in [2.05, 4.69) is 21.3 Å². The van der Waals surface area contributed by atoms with Crippen molar-refractivity contribution in [2.75, 3.05) is 64.2 Å². The molecule has 1 aliphatic rings. The molecular weight excluding hydrogens is 439 g/mol. The van der Waals surface area contributed by atoms with Crippen LogP contribution in [-0.2, 0) is 15.7 Å². The summed E-state index contributed by atoms with van der Waals surface area (Å²) in [4.78, 5) is 26.7. The smallest absolute Gasteiger partial charge is 0.418 e. The number of ether oxygens (including phenoxy) is 1. The molecule has 186 valence electrons. The van der Waals surface area contributed by atoms with Crippen molar-refractivity contribution in [1.29, 1.82) is 0 Å². The van der Waals surface area contributed by atoms with Gasteiger partial charge in [0.2, 0.25) is 5.91 Å². The number of amides is 1. The Morgan fingerprint density at radius 2 is 1.52 bits per heavy atom. The summed E-state index contributed by atoms with van der Waals surface area (Å²) in [6.07, 6.45) is -4.75. The van der Waals surface area contributed by atoms with Gasteiger partial charge in [0.25, 0.3) is 0 Å². The highest BCUT2D eigenvalue weighted by molar-refractivity contribution is 5.95. The van der Waals surface area contributed by atoms with Crippen molar-refractivity contribution in [3.8, 4) is 0 Å². The van der Waals surface area contributed by atoms with Gasteiger partial charge in [-0.15, -0.1) is 0 Å². The van der Waals surface area contributed by atoms with Crippen LogP contribution in [0.5, 0.6) is 0 Å². The van der Waals surface area contributed by atoms with Crippen molar-refractivity contribution in [2.24, 2.45) is 0 Å². The van der Waals surface area contributed by atoms with Crippen molar-refractivity contribution in [3.63, 3.8) is 0 Å². The summed E-state index contributed by atoms with van der Waals surface area (Å²) in [7, 11) is 0. The lowest BCUT2D eigenvalue weighted by Crippen LogP contribution is -2.44. The lowest BCUT2D eigenvalue weighted by molar-refractivity contribution is -0.137. The van der Waals surface area contributed by atoms with Crippen LogP contribution in [0.25, 0.3) is 0 Å². The Morgan fingerprint density at radius 3 is 2.03 bits per heavy atom. The zero-order valence-corrected chi connectivity index (χ0v) is 19.4. The normalized spacial score (nSPS) is 17.5. The van der Waals surface area contributed by atoms with Gasteiger partial charge in [-0.05, 0) is 39.0 Å². The highest BCUT2D eigenvalue weighted by Gasteiger charge is 2.35. The molecule has 1 fully saturated rings. The maximum absolute atomic E-state index is 13.7. The van der Waals surface area contributed by atoms with E-state index in [4.69, 9.17) is 4.74 Å². The van der Waals surface area contributed by atoms with Crippen LogP contribution in [0.4, 0.5) is 18.9 Å². The zero-order valence-electron chi connectivity index (χ0n) is 19.4. The molecule has 0 aliphatic carbocycles. The van der Waals surface area contributed by atoms with Crippen LogP contribution < -0.4 is 21.3 Å². The van der Waals surface area contributed by atoms with E-state index in [-0.39, 0.29) is 12.1 Å². The molecule has 0 radical (unpaired) electrons. The summed E-state index contributed by atoms with van der Waals surface area (Å²) in [6, 6.07) is 3.02. The Kier molecular flexibility index (Phi) is 10.1. The summed E-state index contributed by atoms with van der Waals surface area (Å²) in [5.74, 6) is -1.42. The average molecular weight is 474 g/mol. The number of alkyl halides is 3. The number of nitrogens with one attached hydrogen (secondary N) is 4. The second kappa shape index (κ2) is 12.3. The third-order valence-corrected chi connectivity index (χ3v) is 4.77. The van der Waals surface area contributed by atoms with Crippen molar-refractivity contribution in [3.05, 3.63) is 29.3 Å². The molecule has 0 unspecified atom stereocenters. The van der Waals surface area contributed by atoms with Gasteiger partial charge in [-0.25, -0.2) is 4.79 Å². The fourth-order valence-electron chi connectivity index (χ4n) is 3.22. The van der Waals surface area contributed by atoms with Crippen LogP contribution in [0.1, 0.15) is 36.7 Å². The van der Waals surface area contributed by atoms with Crippen LogP contribution in [0.15, 0.2) is 18.2 Å². The first-order chi connectivity index (χ1) is 15.5. The highest BCUT2D eigenvalue weighted by Crippen LogP contribution is 2.36. The van der Waals surface area contributed by atoms with Gasteiger partial charge in [0.15, 0.2) is 0 Å². The van der Waals surface area contributed by atoms with Crippen LogP contribution in [0.2, 0.25) is 0 Å². The Hall–Kier alpha value is -2.21. The van der Waals surface area contributed by atoms with Gasteiger partial charge in [0.1, 0.15) is 5.60 Å². The van der Waals surface area contributed by atoms with Gasteiger partial charge in [-0.3, -0.25) is 9.69 Å². The minimum absolute atomic E-state index is 0.0489. The molecule has 8 nitrogen and oxygen atoms in total. The Bertz CT molecular complexity index is 784.